The Labute approximate surface area is 149 Å². The molecule has 5 heteroatoms. The van der Waals surface area contributed by atoms with E-state index < -0.39 is 0 Å². The first-order valence-corrected chi connectivity index (χ1v) is 9.35. The number of hydrogen-bond donors (Lipinski definition) is 0. The fourth-order valence-electron chi connectivity index (χ4n) is 3.47. The van der Waals surface area contributed by atoms with E-state index in [1.165, 1.54) is 25.0 Å². The molecular weight excluding hydrogens is 312 g/mol. The van der Waals surface area contributed by atoms with Crippen molar-refractivity contribution in [2.24, 2.45) is 0 Å². The van der Waals surface area contributed by atoms with Crippen LogP contribution < -0.4 is 9.64 Å². The number of nitrogens with zero attached hydrogens (tertiary/aromatic N) is 4. The molecule has 0 bridgehead atoms. The quantitative estimate of drug-likeness (QED) is 0.810. The molecule has 0 N–H and O–H groups in total. The molecule has 2 fully saturated rings. The molecule has 0 unspecified atom stereocenters. The van der Waals surface area contributed by atoms with E-state index in [2.05, 4.69) is 25.8 Å². The summed E-state index contributed by atoms with van der Waals surface area (Å²) >= 11 is 0. The predicted octanol–water partition coefficient (Wildman–Crippen LogP) is 2.95. The van der Waals surface area contributed by atoms with Crippen LogP contribution in [0.25, 0.3) is 0 Å². The minimum atomic E-state index is 0.665. The first-order valence-electron chi connectivity index (χ1n) is 9.35. The minimum Gasteiger partial charge on any atom is -0.492 e. The zero-order valence-electron chi connectivity index (χ0n) is 14.7. The molecule has 25 heavy (non-hydrogen) atoms. The van der Waals surface area contributed by atoms with Crippen LogP contribution in [0, 0.1) is 0 Å². The smallest absolute Gasteiger partial charge is 0.132 e. The second-order valence-electron chi connectivity index (χ2n) is 6.92. The summed E-state index contributed by atoms with van der Waals surface area (Å²) in [5.41, 5.74) is 1.23. The average molecular weight is 338 g/mol. The highest BCUT2D eigenvalue weighted by Gasteiger charge is 2.23. The van der Waals surface area contributed by atoms with Gasteiger partial charge in [0.25, 0.3) is 0 Å². The van der Waals surface area contributed by atoms with Gasteiger partial charge in [-0.1, -0.05) is 24.6 Å². The molecule has 1 aliphatic heterocycles. The van der Waals surface area contributed by atoms with Crippen LogP contribution in [0.5, 0.6) is 5.75 Å². The van der Waals surface area contributed by atoms with Gasteiger partial charge in [-0.05, 0) is 25.0 Å². The largest absolute Gasteiger partial charge is 0.492 e. The Hall–Kier alpha value is -2.14. The maximum absolute atomic E-state index is 5.81. The van der Waals surface area contributed by atoms with Crippen molar-refractivity contribution >= 4 is 5.82 Å². The highest BCUT2D eigenvalue weighted by atomic mass is 16.5. The summed E-state index contributed by atoms with van der Waals surface area (Å²) in [7, 11) is 0. The summed E-state index contributed by atoms with van der Waals surface area (Å²) in [5.74, 6) is 2.71. The first-order chi connectivity index (χ1) is 12.4. The summed E-state index contributed by atoms with van der Waals surface area (Å²) in [6.07, 6.45) is 5.65. The molecule has 1 saturated heterocycles. The second-order valence-corrected chi connectivity index (χ2v) is 6.92. The van der Waals surface area contributed by atoms with Gasteiger partial charge in [-0.2, -0.15) is 0 Å². The third-order valence-corrected chi connectivity index (χ3v) is 5.31. The minimum absolute atomic E-state index is 0.665. The molecule has 132 valence electrons. The van der Waals surface area contributed by atoms with Gasteiger partial charge in [0, 0.05) is 50.4 Å². The summed E-state index contributed by atoms with van der Waals surface area (Å²) in [5, 5.41) is 0. The standard InChI is InChI=1S/C20H26N4O/c1-2-7-18(8-3-1)25-14-13-23-9-11-24(12-10-23)20-15-19(21-16-22-20)17-5-4-6-17/h1-3,7-8,15-17H,4-6,9-14H2. The Bertz CT molecular complexity index is 666. The van der Waals surface area contributed by atoms with Gasteiger partial charge in [0.2, 0.25) is 0 Å². The van der Waals surface area contributed by atoms with Gasteiger partial charge in [-0.3, -0.25) is 4.90 Å². The predicted molar refractivity (Wildman–Crippen MR) is 99.2 cm³/mol. The van der Waals surface area contributed by atoms with Crippen molar-refractivity contribution in [3.05, 3.63) is 48.4 Å². The van der Waals surface area contributed by atoms with E-state index in [0.717, 1.165) is 50.9 Å². The van der Waals surface area contributed by atoms with Crippen LogP contribution in [0.3, 0.4) is 0 Å². The molecule has 1 aliphatic carbocycles. The number of hydrogen-bond acceptors (Lipinski definition) is 5. The molecule has 0 amide bonds. The lowest BCUT2D eigenvalue weighted by atomic mass is 9.83. The summed E-state index contributed by atoms with van der Waals surface area (Å²) in [6, 6.07) is 12.2. The maximum Gasteiger partial charge on any atom is 0.132 e. The van der Waals surface area contributed by atoms with E-state index in [1.54, 1.807) is 6.33 Å². The Morgan fingerprint density at radius 1 is 1.00 bits per heavy atom. The molecule has 2 heterocycles. The average Bonchev–Trinajstić information content (AvgIpc) is 2.62. The van der Waals surface area contributed by atoms with Gasteiger partial charge in [-0.25, -0.2) is 9.97 Å². The van der Waals surface area contributed by atoms with Crippen LogP contribution in [0.2, 0.25) is 0 Å². The lowest BCUT2D eigenvalue weighted by Crippen LogP contribution is -2.47. The number of piperazine rings is 1. The van der Waals surface area contributed by atoms with Gasteiger partial charge >= 0.3 is 0 Å². The Kier molecular flexibility index (Phi) is 5.11. The molecule has 1 aromatic carbocycles. The van der Waals surface area contributed by atoms with Gasteiger partial charge in [-0.15, -0.1) is 0 Å². The van der Waals surface area contributed by atoms with Crippen molar-refractivity contribution < 1.29 is 4.74 Å². The molecule has 0 spiro atoms. The van der Waals surface area contributed by atoms with Crippen LogP contribution in [0.1, 0.15) is 30.9 Å². The summed E-state index contributed by atoms with van der Waals surface area (Å²) < 4.78 is 5.81. The molecular formula is C20H26N4O. The van der Waals surface area contributed by atoms with E-state index >= 15 is 0 Å². The molecule has 2 aliphatic rings. The number of ether oxygens (including phenoxy) is 1. The van der Waals surface area contributed by atoms with Crippen LogP contribution in [0.15, 0.2) is 42.7 Å². The van der Waals surface area contributed by atoms with E-state index in [0.29, 0.717) is 5.92 Å². The van der Waals surface area contributed by atoms with Crippen LogP contribution >= 0.6 is 0 Å². The van der Waals surface area contributed by atoms with E-state index in [1.807, 2.05) is 30.3 Å². The SMILES string of the molecule is c1ccc(OCCN2CCN(c3cc(C4CCC4)ncn3)CC2)cc1. The molecule has 5 nitrogen and oxygen atoms in total. The van der Waals surface area contributed by atoms with E-state index in [-0.39, 0.29) is 0 Å². The molecule has 1 saturated carbocycles. The number of anilines is 1. The maximum atomic E-state index is 5.81. The van der Waals surface area contributed by atoms with Crippen molar-refractivity contribution in [3.63, 3.8) is 0 Å². The molecule has 0 radical (unpaired) electrons. The second kappa shape index (κ2) is 7.83. The van der Waals surface area contributed by atoms with Crippen molar-refractivity contribution in [1.29, 1.82) is 0 Å². The Morgan fingerprint density at radius 3 is 2.52 bits per heavy atom. The highest BCUT2D eigenvalue weighted by Crippen LogP contribution is 2.35. The molecule has 0 atom stereocenters. The summed E-state index contributed by atoms with van der Waals surface area (Å²) in [4.78, 5) is 13.8. The van der Waals surface area contributed by atoms with Crippen LogP contribution in [0.4, 0.5) is 5.82 Å². The van der Waals surface area contributed by atoms with Crippen molar-refractivity contribution in [2.75, 3.05) is 44.2 Å². The van der Waals surface area contributed by atoms with Gasteiger partial charge in [0.15, 0.2) is 0 Å². The zero-order valence-corrected chi connectivity index (χ0v) is 14.7. The van der Waals surface area contributed by atoms with E-state index in [4.69, 9.17) is 4.74 Å². The van der Waals surface area contributed by atoms with Gasteiger partial charge in [0.05, 0.1) is 0 Å². The zero-order chi connectivity index (χ0) is 16.9. The van der Waals surface area contributed by atoms with Gasteiger partial charge in [0.1, 0.15) is 24.5 Å². The summed E-state index contributed by atoms with van der Waals surface area (Å²) in [6.45, 7) is 5.87. The lowest BCUT2D eigenvalue weighted by molar-refractivity contribution is 0.200. The van der Waals surface area contributed by atoms with Crippen molar-refractivity contribution in [2.45, 2.75) is 25.2 Å². The normalized spacial score (nSPS) is 18.8. The van der Waals surface area contributed by atoms with Crippen molar-refractivity contribution in [1.82, 2.24) is 14.9 Å². The van der Waals surface area contributed by atoms with Crippen LogP contribution in [-0.2, 0) is 0 Å². The number of aromatic nitrogens is 2. The van der Waals surface area contributed by atoms with Crippen LogP contribution in [-0.4, -0.2) is 54.2 Å². The van der Waals surface area contributed by atoms with Crippen molar-refractivity contribution in [3.8, 4) is 5.75 Å². The lowest BCUT2D eigenvalue weighted by Gasteiger charge is -2.35. The Balaban J connectivity index is 1.24. The number of para-hydroxylation sites is 1. The molecule has 1 aromatic heterocycles. The third-order valence-electron chi connectivity index (χ3n) is 5.31. The Morgan fingerprint density at radius 2 is 1.80 bits per heavy atom. The van der Waals surface area contributed by atoms with Gasteiger partial charge < -0.3 is 9.64 Å². The molecule has 4 rings (SSSR count). The fraction of sp³-hybridized carbons (Fsp3) is 0.500. The number of rotatable bonds is 6. The molecule has 2 aromatic rings. The van der Waals surface area contributed by atoms with E-state index in [9.17, 15) is 0 Å². The fourth-order valence-corrected chi connectivity index (χ4v) is 3.47. The monoisotopic (exact) mass is 338 g/mol. The first kappa shape index (κ1) is 16.3. The highest BCUT2D eigenvalue weighted by molar-refractivity contribution is 5.40. The topological polar surface area (TPSA) is 41.5 Å². The third kappa shape index (κ3) is 4.10. The number of benzene rings is 1.